The van der Waals surface area contributed by atoms with Crippen molar-refractivity contribution in [2.24, 2.45) is 0 Å². The Morgan fingerprint density at radius 2 is 2.28 bits per heavy atom. The van der Waals surface area contributed by atoms with Crippen LogP contribution in [0.1, 0.15) is 23.9 Å². The summed E-state index contributed by atoms with van der Waals surface area (Å²) < 4.78 is 0. The Morgan fingerprint density at radius 3 is 3.12 bits per heavy atom. The Labute approximate surface area is 146 Å². The van der Waals surface area contributed by atoms with Crippen molar-refractivity contribution >= 4 is 44.2 Å². The van der Waals surface area contributed by atoms with Gasteiger partial charge in [-0.05, 0) is 24.6 Å². The van der Waals surface area contributed by atoms with Crippen molar-refractivity contribution in [1.82, 2.24) is 25.1 Å². The normalized spacial score (nSPS) is 12.5. The van der Waals surface area contributed by atoms with Crippen LogP contribution >= 0.6 is 11.3 Å². The summed E-state index contributed by atoms with van der Waals surface area (Å²) in [6.07, 6.45) is 5.37. The molecule has 4 aromatic rings. The first-order valence-corrected chi connectivity index (χ1v) is 8.48. The molecule has 3 heterocycles. The molecule has 0 radical (unpaired) electrons. The number of carboxylic acids is 1. The summed E-state index contributed by atoms with van der Waals surface area (Å²) in [6.45, 7) is 0. The number of anilines is 1. The van der Waals surface area contributed by atoms with Gasteiger partial charge in [-0.25, -0.2) is 15.0 Å². The van der Waals surface area contributed by atoms with Crippen LogP contribution in [-0.2, 0) is 4.79 Å². The van der Waals surface area contributed by atoms with Gasteiger partial charge < -0.3 is 10.4 Å². The predicted molar refractivity (Wildman–Crippen MR) is 94.5 cm³/mol. The molecule has 3 aromatic heterocycles. The molecule has 1 unspecified atom stereocenters. The maximum absolute atomic E-state index is 11.0. The number of benzene rings is 1. The summed E-state index contributed by atoms with van der Waals surface area (Å²) >= 11 is 1.45. The molecule has 0 amide bonds. The number of thiazole rings is 1. The first-order chi connectivity index (χ1) is 12.2. The lowest BCUT2D eigenvalue weighted by atomic mass is 10.1. The molecule has 4 rings (SSSR count). The van der Waals surface area contributed by atoms with Gasteiger partial charge in [-0.2, -0.15) is 5.10 Å². The summed E-state index contributed by atoms with van der Waals surface area (Å²) in [6, 6.07) is 5.61. The SMILES string of the molecule is O=C(O)CCC(Nc1ccc2[nH]ncc2c1)c1nc2cncnc2s1. The standard InChI is InChI=1S/C16H14N6O2S/c23-14(24)4-3-12(16-21-13-7-17-8-18-15(13)25-16)20-10-1-2-11-9(5-10)6-19-22-11/h1-2,5-8,12,20H,3-4H2,(H,19,22)(H,23,24). The summed E-state index contributed by atoms with van der Waals surface area (Å²) in [4.78, 5) is 24.6. The minimum absolute atomic E-state index is 0.0488. The zero-order valence-electron chi connectivity index (χ0n) is 13.0. The van der Waals surface area contributed by atoms with Crippen LogP contribution in [0.2, 0.25) is 0 Å². The molecule has 0 aliphatic heterocycles. The number of aromatic amines is 1. The summed E-state index contributed by atoms with van der Waals surface area (Å²) in [5.74, 6) is -0.835. The topological polar surface area (TPSA) is 117 Å². The molecule has 0 aliphatic carbocycles. The molecular weight excluding hydrogens is 340 g/mol. The van der Waals surface area contributed by atoms with Crippen molar-refractivity contribution in [3.63, 3.8) is 0 Å². The second-order valence-electron chi connectivity index (χ2n) is 5.57. The Bertz CT molecular complexity index is 1010. The Morgan fingerprint density at radius 1 is 1.36 bits per heavy atom. The van der Waals surface area contributed by atoms with Crippen molar-refractivity contribution in [1.29, 1.82) is 0 Å². The van der Waals surface area contributed by atoms with Crippen molar-refractivity contribution < 1.29 is 9.90 Å². The highest BCUT2D eigenvalue weighted by Crippen LogP contribution is 2.30. The molecule has 0 saturated heterocycles. The number of aliphatic carboxylic acids is 1. The van der Waals surface area contributed by atoms with Crippen LogP contribution in [0.5, 0.6) is 0 Å². The van der Waals surface area contributed by atoms with Crippen LogP contribution in [0.15, 0.2) is 36.9 Å². The van der Waals surface area contributed by atoms with Gasteiger partial charge in [0.1, 0.15) is 21.7 Å². The zero-order chi connectivity index (χ0) is 17.2. The number of carbonyl (C=O) groups is 1. The van der Waals surface area contributed by atoms with Crippen LogP contribution in [0, 0.1) is 0 Å². The van der Waals surface area contributed by atoms with E-state index in [1.54, 1.807) is 12.4 Å². The van der Waals surface area contributed by atoms with E-state index in [9.17, 15) is 4.79 Å². The van der Waals surface area contributed by atoms with Crippen LogP contribution < -0.4 is 5.32 Å². The molecule has 126 valence electrons. The lowest BCUT2D eigenvalue weighted by Gasteiger charge is -2.17. The van der Waals surface area contributed by atoms with E-state index in [4.69, 9.17) is 5.11 Å². The smallest absolute Gasteiger partial charge is 0.303 e. The van der Waals surface area contributed by atoms with Gasteiger partial charge in [0.05, 0.1) is 24.0 Å². The number of aromatic nitrogens is 5. The number of rotatable bonds is 6. The van der Waals surface area contributed by atoms with E-state index in [0.717, 1.165) is 31.9 Å². The van der Waals surface area contributed by atoms with Crippen LogP contribution in [-0.4, -0.2) is 36.2 Å². The van der Waals surface area contributed by atoms with E-state index < -0.39 is 5.97 Å². The van der Waals surface area contributed by atoms with E-state index >= 15 is 0 Å². The monoisotopic (exact) mass is 354 g/mol. The molecule has 1 aromatic carbocycles. The average Bonchev–Trinajstić information content (AvgIpc) is 3.24. The van der Waals surface area contributed by atoms with Gasteiger partial charge in [-0.15, -0.1) is 0 Å². The second kappa shape index (κ2) is 6.44. The molecule has 8 nitrogen and oxygen atoms in total. The van der Waals surface area contributed by atoms with E-state index in [2.05, 4.69) is 30.5 Å². The second-order valence-corrected chi connectivity index (χ2v) is 6.58. The molecule has 1 atom stereocenters. The predicted octanol–water partition coefficient (Wildman–Crippen LogP) is 2.98. The van der Waals surface area contributed by atoms with Crippen LogP contribution in [0.4, 0.5) is 5.69 Å². The van der Waals surface area contributed by atoms with Gasteiger partial charge >= 0.3 is 5.97 Å². The third kappa shape index (κ3) is 3.26. The third-order valence-electron chi connectivity index (χ3n) is 3.82. The fourth-order valence-corrected chi connectivity index (χ4v) is 3.58. The van der Waals surface area contributed by atoms with Crippen LogP contribution in [0.3, 0.4) is 0 Å². The van der Waals surface area contributed by atoms with Gasteiger partial charge in [0.15, 0.2) is 0 Å². The molecule has 0 spiro atoms. The van der Waals surface area contributed by atoms with E-state index in [0.29, 0.717) is 6.42 Å². The largest absolute Gasteiger partial charge is 0.481 e. The van der Waals surface area contributed by atoms with Gasteiger partial charge in [-0.1, -0.05) is 11.3 Å². The number of carboxylic acid groups (broad SMARTS) is 1. The van der Waals surface area contributed by atoms with Gasteiger partial charge in [0.2, 0.25) is 0 Å². The quantitative estimate of drug-likeness (QED) is 0.487. The number of H-pyrrole nitrogens is 1. The van der Waals surface area contributed by atoms with E-state index in [-0.39, 0.29) is 12.5 Å². The zero-order valence-corrected chi connectivity index (χ0v) is 13.8. The number of hydrogen-bond acceptors (Lipinski definition) is 7. The first-order valence-electron chi connectivity index (χ1n) is 7.67. The highest BCUT2D eigenvalue weighted by Gasteiger charge is 2.18. The highest BCUT2D eigenvalue weighted by atomic mass is 32.1. The molecule has 0 fully saturated rings. The number of nitrogens with zero attached hydrogens (tertiary/aromatic N) is 4. The van der Waals surface area contributed by atoms with Gasteiger partial charge in [0, 0.05) is 17.5 Å². The maximum Gasteiger partial charge on any atom is 0.303 e. The third-order valence-corrected chi connectivity index (χ3v) is 4.91. The van der Waals surface area contributed by atoms with Crippen molar-refractivity contribution in [3.8, 4) is 0 Å². The Kier molecular flexibility index (Phi) is 3.98. The number of nitrogens with one attached hydrogen (secondary N) is 2. The summed E-state index contributed by atoms with van der Waals surface area (Å²) in [5.41, 5.74) is 2.55. The van der Waals surface area contributed by atoms with Gasteiger partial charge in [0.25, 0.3) is 0 Å². The average molecular weight is 354 g/mol. The summed E-state index contributed by atoms with van der Waals surface area (Å²) in [5, 5.41) is 21.1. The summed E-state index contributed by atoms with van der Waals surface area (Å²) in [7, 11) is 0. The Hall–Kier alpha value is -3.07. The molecular formula is C16H14N6O2S. The van der Waals surface area contributed by atoms with E-state index in [1.807, 2.05) is 18.2 Å². The van der Waals surface area contributed by atoms with Crippen molar-refractivity contribution in [2.45, 2.75) is 18.9 Å². The Balaban J connectivity index is 1.65. The number of hydrogen-bond donors (Lipinski definition) is 3. The minimum Gasteiger partial charge on any atom is -0.481 e. The lowest BCUT2D eigenvalue weighted by Crippen LogP contribution is -2.12. The van der Waals surface area contributed by atoms with Crippen molar-refractivity contribution in [3.05, 3.63) is 41.9 Å². The molecule has 0 saturated carbocycles. The molecule has 9 heteroatoms. The van der Waals surface area contributed by atoms with Crippen LogP contribution in [0.25, 0.3) is 21.3 Å². The number of fused-ring (bicyclic) bond motifs is 2. The molecule has 0 aliphatic rings. The first kappa shape index (κ1) is 15.5. The highest BCUT2D eigenvalue weighted by molar-refractivity contribution is 7.18. The molecule has 25 heavy (non-hydrogen) atoms. The van der Waals surface area contributed by atoms with Gasteiger partial charge in [-0.3, -0.25) is 9.89 Å². The van der Waals surface area contributed by atoms with Crippen molar-refractivity contribution in [2.75, 3.05) is 5.32 Å². The van der Waals surface area contributed by atoms with E-state index in [1.165, 1.54) is 17.7 Å². The maximum atomic E-state index is 11.0. The molecule has 0 bridgehead atoms. The fraction of sp³-hybridized carbons (Fsp3) is 0.188. The lowest BCUT2D eigenvalue weighted by molar-refractivity contribution is -0.137. The minimum atomic E-state index is -0.835. The fourth-order valence-electron chi connectivity index (χ4n) is 2.61. The molecule has 3 N–H and O–H groups in total.